The molecule has 0 atom stereocenters. The molecule has 0 aliphatic carbocycles. The number of carbonyl (C=O) groups excluding carboxylic acids is 1. The van der Waals surface area contributed by atoms with Crippen LogP contribution in [-0.4, -0.2) is 38.9 Å². The summed E-state index contributed by atoms with van der Waals surface area (Å²) in [6.45, 7) is 3.13. The predicted octanol–water partition coefficient (Wildman–Crippen LogP) is 4.67. The Labute approximate surface area is 167 Å². The van der Waals surface area contributed by atoms with Crippen LogP contribution in [0.2, 0.25) is 0 Å². The Morgan fingerprint density at radius 1 is 1.00 bits per heavy atom. The Kier molecular flexibility index (Phi) is 6.69. The van der Waals surface area contributed by atoms with Gasteiger partial charge in [-0.05, 0) is 50.1 Å². The average Bonchev–Trinajstić information content (AvgIpc) is 3.01. The van der Waals surface area contributed by atoms with Crippen LogP contribution in [0.4, 0.5) is 5.69 Å². The minimum atomic E-state index is 0.0217. The smallest absolute Gasteiger partial charge is 0.182 e. The number of aryl methyl sites for hydroxylation is 1. The van der Waals surface area contributed by atoms with Gasteiger partial charge in [0.05, 0.1) is 20.8 Å². The van der Waals surface area contributed by atoms with E-state index < -0.39 is 0 Å². The number of amidine groups is 1. The molecule has 28 heavy (non-hydrogen) atoms. The van der Waals surface area contributed by atoms with Gasteiger partial charge < -0.3 is 14.4 Å². The van der Waals surface area contributed by atoms with Gasteiger partial charge in [0.1, 0.15) is 5.84 Å². The normalized spacial score (nSPS) is 14.0. The molecular formula is C23H28N2O3. The van der Waals surface area contributed by atoms with E-state index in [1.54, 1.807) is 32.4 Å². The van der Waals surface area contributed by atoms with Crippen LogP contribution in [-0.2, 0) is 0 Å². The van der Waals surface area contributed by atoms with Gasteiger partial charge in [-0.2, -0.15) is 0 Å². The van der Waals surface area contributed by atoms with Crippen molar-refractivity contribution < 1.29 is 14.3 Å². The number of nitrogens with zero attached hydrogens (tertiary/aromatic N) is 2. The second-order valence-corrected chi connectivity index (χ2v) is 7.02. The van der Waals surface area contributed by atoms with Gasteiger partial charge in [0, 0.05) is 24.2 Å². The quantitative estimate of drug-likeness (QED) is 0.683. The Morgan fingerprint density at radius 3 is 2.46 bits per heavy atom. The Hall–Kier alpha value is -2.82. The second-order valence-electron chi connectivity index (χ2n) is 7.02. The Bertz CT molecular complexity index is 843. The molecule has 0 saturated heterocycles. The van der Waals surface area contributed by atoms with Crippen LogP contribution in [0.15, 0.2) is 47.5 Å². The van der Waals surface area contributed by atoms with E-state index in [4.69, 9.17) is 14.5 Å². The summed E-state index contributed by atoms with van der Waals surface area (Å²) < 4.78 is 10.6. The van der Waals surface area contributed by atoms with Crippen molar-refractivity contribution in [3.63, 3.8) is 0 Å². The SMILES string of the molecule is COc1ccc(C(=O)CN(C2=NCCCCC2)c2ccc(C)cc2)cc1OC. The largest absolute Gasteiger partial charge is 0.493 e. The van der Waals surface area contributed by atoms with Crippen LogP contribution < -0.4 is 14.4 Å². The zero-order valence-electron chi connectivity index (χ0n) is 16.9. The van der Waals surface area contributed by atoms with Crippen molar-refractivity contribution in [1.82, 2.24) is 0 Å². The molecular weight excluding hydrogens is 352 g/mol. The van der Waals surface area contributed by atoms with E-state index in [2.05, 4.69) is 36.1 Å². The third-order valence-corrected chi connectivity index (χ3v) is 5.02. The number of ether oxygens (including phenoxy) is 2. The van der Waals surface area contributed by atoms with Crippen LogP contribution in [0.25, 0.3) is 0 Å². The summed E-state index contributed by atoms with van der Waals surface area (Å²) in [5.41, 5.74) is 2.79. The van der Waals surface area contributed by atoms with Crippen molar-refractivity contribution in [2.45, 2.75) is 32.6 Å². The molecule has 0 amide bonds. The van der Waals surface area contributed by atoms with Gasteiger partial charge >= 0.3 is 0 Å². The molecule has 2 aromatic carbocycles. The van der Waals surface area contributed by atoms with E-state index >= 15 is 0 Å². The van der Waals surface area contributed by atoms with E-state index in [9.17, 15) is 4.79 Å². The van der Waals surface area contributed by atoms with Gasteiger partial charge in [-0.3, -0.25) is 9.79 Å². The number of hydrogen-bond donors (Lipinski definition) is 0. The van der Waals surface area contributed by atoms with Crippen molar-refractivity contribution in [2.24, 2.45) is 4.99 Å². The van der Waals surface area contributed by atoms with Crippen LogP contribution in [0.1, 0.15) is 41.6 Å². The first-order valence-electron chi connectivity index (χ1n) is 9.75. The molecule has 0 saturated carbocycles. The molecule has 1 aliphatic heterocycles. The third kappa shape index (κ3) is 4.71. The predicted molar refractivity (Wildman–Crippen MR) is 113 cm³/mol. The lowest BCUT2D eigenvalue weighted by atomic mass is 10.1. The van der Waals surface area contributed by atoms with Gasteiger partial charge in [0.25, 0.3) is 0 Å². The highest BCUT2D eigenvalue weighted by atomic mass is 16.5. The molecule has 5 nitrogen and oxygen atoms in total. The van der Waals surface area contributed by atoms with Gasteiger partial charge in [-0.15, -0.1) is 0 Å². The van der Waals surface area contributed by atoms with Crippen molar-refractivity contribution in [2.75, 3.05) is 32.2 Å². The first-order valence-corrected chi connectivity index (χ1v) is 9.75. The number of anilines is 1. The lowest BCUT2D eigenvalue weighted by Gasteiger charge is -2.26. The highest BCUT2D eigenvalue weighted by molar-refractivity contribution is 6.07. The van der Waals surface area contributed by atoms with Crippen molar-refractivity contribution in [1.29, 1.82) is 0 Å². The lowest BCUT2D eigenvalue weighted by molar-refractivity contribution is 0.100. The van der Waals surface area contributed by atoms with Crippen molar-refractivity contribution in [3.05, 3.63) is 53.6 Å². The van der Waals surface area contributed by atoms with E-state index in [1.165, 1.54) is 12.0 Å². The molecule has 0 aromatic heterocycles. The summed E-state index contributed by atoms with van der Waals surface area (Å²) in [4.78, 5) is 19.9. The van der Waals surface area contributed by atoms with Crippen molar-refractivity contribution >= 4 is 17.3 Å². The fraction of sp³-hybridized carbons (Fsp3) is 0.391. The lowest BCUT2D eigenvalue weighted by Crippen LogP contribution is -2.36. The number of methoxy groups -OCH3 is 2. The van der Waals surface area contributed by atoms with Crippen LogP contribution >= 0.6 is 0 Å². The van der Waals surface area contributed by atoms with Gasteiger partial charge in [-0.25, -0.2) is 0 Å². The number of hydrogen-bond acceptors (Lipinski definition) is 5. The van der Waals surface area contributed by atoms with Crippen LogP contribution in [0.5, 0.6) is 11.5 Å². The fourth-order valence-corrected chi connectivity index (χ4v) is 3.38. The molecule has 1 aliphatic rings. The highest BCUT2D eigenvalue weighted by Crippen LogP contribution is 2.28. The molecule has 0 radical (unpaired) electrons. The molecule has 0 N–H and O–H groups in total. The standard InChI is InChI=1S/C23H28N2O3/c1-17-8-11-19(12-9-17)25(23-7-5-4-6-14-24-23)16-20(26)18-10-13-21(27-2)22(15-18)28-3/h8-13,15H,4-7,14,16H2,1-3H3. The zero-order chi connectivity index (χ0) is 19.9. The highest BCUT2D eigenvalue weighted by Gasteiger charge is 2.20. The number of carbonyl (C=O) groups is 1. The molecule has 0 fully saturated rings. The molecule has 2 aromatic rings. The molecule has 1 heterocycles. The summed E-state index contributed by atoms with van der Waals surface area (Å²) in [5.74, 6) is 2.19. The van der Waals surface area contributed by atoms with E-state index in [1.807, 2.05) is 0 Å². The van der Waals surface area contributed by atoms with Crippen LogP contribution in [0, 0.1) is 6.92 Å². The summed E-state index contributed by atoms with van der Waals surface area (Å²) in [7, 11) is 3.16. The summed E-state index contributed by atoms with van der Waals surface area (Å²) in [6.07, 6.45) is 4.28. The van der Waals surface area contributed by atoms with Crippen LogP contribution in [0.3, 0.4) is 0 Å². The molecule has 0 unspecified atom stereocenters. The van der Waals surface area contributed by atoms with Gasteiger partial charge in [-0.1, -0.05) is 24.1 Å². The fourth-order valence-electron chi connectivity index (χ4n) is 3.38. The Balaban J connectivity index is 1.89. The first kappa shape index (κ1) is 19.9. The second kappa shape index (κ2) is 9.40. The van der Waals surface area contributed by atoms with Gasteiger partial charge in [0.15, 0.2) is 17.3 Å². The third-order valence-electron chi connectivity index (χ3n) is 5.02. The molecule has 5 heteroatoms. The van der Waals surface area contributed by atoms with Crippen molar-refractivity contribution in [3.8, 4) is 11.5 Å². The maximum Gasteiger partial charge on any atom is 0.182 e. The van der Waals surface area contributed by atoms with E-state index in [0.29, 0.717) is 17.1 Å². The maximum atomic E-state index is 13.1. The Morgan fingerprint density at radius 2 is 1.75 bits per heavy atom. The topological polar surface area (TPSA) is 51.1 Å². The average molecular weight is 380 g/mol. The number of aliphatic imine (C=N–C) groups is 1. The zero-order valence-corrected chi connectivity index (χ0v) is 16.9. The molecule has 0 spiro atoms. The first-order chi connectivity index (χ1) is 13.6. The molecule has 3 rings (SSSR count). The van der Waals surface area contributed by atoms with Gasteiger partial charge in [0.2, 0.25) is 0 Å². The number of Topliss-reactive ketones (excluding diaryl/α,β-unsaturated/α-hetero) is 1. The molecule has 0 bridgehead atoms. The number of ketones is 1. The maximum absolute atomic E-state index is 13.1. The minimum Gasteiger partial charge on any atom is -0.493 e. The minimum absolute atomic E-state index is 0.0217. The summed E-state index contributed by atoms with van der Waals surface area (Å²) in [5, 5.41) is 0. The van der Waals surface area contributed by atoms with E-state index in [0.717, 1.165) is 37.3 Å². The number of benzene rings is 2. The van der Waals surface area contributed by atoms with E-state index in [-0.39, 0.29) is 12.3 Å². The monoisotopic (exact) mass is 380 g/mol. The number of rotatable bonds is 6. The summed E-state index contributed by atoms with van der Waals surface area (Å²) >= 11 is 0. The molecule has 148 valence electrons. The summed E-state index contributed by atoms with van der Waals surface area (Å²) in [6, 6.07) is 13.6.